The Bertz CT molecular complexity index is 322. The number of ether oxygens (including phenoxy) is 2. The number of hydrogen-bond acceptors (Lipinski definition) is 3. The summed E-state index contributed by atoms with van der Waals surface area (Å²) in [5, 5.41) is 0. The van der Waals surface area contributed by atoms with Gasteiger partial charge < -0.3 is 14.4 Å². The highest BCUT2D eigenvalue weighted by atomic mass is 16.5. The first-order valence-electron chi connectivity index (χ1n) is 6.70. The third kappa shape index (κ3) is 5.92. The van der Waals surface area contributed by atoms with Gasteiger partial charge in [-0.1, -0.05) is 6.92 Å². The van der Waals surface area contributed by atoms with Crippen LogP contribution in [0.4, 0.5) is 0 Å². The minimum absolute atomic E-state index is 0.210. The summed E-state index contributed by atoms with van der Waals surface area (Å²) >= 11 is 0. The van der Waals surface area contributed by atoms with Crippen LogP contribution in [0.25, 0.3) is 0 Å². The maximum Gasteiger partial charge on any atom is 0.119 e. The van der Waals surface area contributed by atoms with Crippen LogP contribution in [-0.4, -0.2) is 37.7 Å². The summed E-state index contributed by atoms with van der Waals surface area (Å²) in [4.78, 5) is 2.28. The molecule has 0 bridgehead atoms. The monoisotopic (exact) mass is 251 g/mol. The summed E-state index contributed by atoms with van der Waals surface area (Å²) in [5.74, 6) is 1.80. The zero-order valence-corrected chi connectivity index (χ0v) is 12.0. The molecule has 0 saturated carbocycles. The number of benzene rings is 1. The maximum absolute atomic E-state index is 5.68. The Labute approximate surface area is 111 Å². The van der Waals surface area contributed by atoms with Gasteiger partial charge in [0.1, 0.15) is 11.5 Å². The van der Waals surface area contributed by atoms with Crippen molar-refractivity contribution in [2.24, 2.45) is 0 Å². The molecule has 0 saturated heterocycles. The van der Waals surface area contributed by atoms with E-state index >= 15 is 0 Å². The smallest absolute Gasteiger partial charge is 0.119 e. The van der Waals surface area contributed by atoms with Crippen LogP contribution in [0, 0.1) is 0 Å². The first kappa shape index (κ1) is 14.8. The molecule has 1 aromatic rings. The quantitative estimate of drug-likeness (QED) is 0.662. The Kier molecular flexibility index (Phi) is 6.58. The van der Waals surface area contributed by atoms with Gasteiger partial charge in [-0.25, -0.2) is 0 Å². The van der Waals surface area contributed by atoms with Crippen LogP contribution >= 0.6 is 0 Å². The molecule has 0 fully saturated rings. The summed E-state index contributed by atoms with van der Waals surface area (Å²) < 4.78 is 11.3. The lowest BCUT2D eigenvalue weighted by atomic mass is 10.3. The van der Waals surface area contributed by atoms with Gasteiger partial charge in [-0.2, -0.15) is 0 Å². The van der Waals surface area contributed by atoms with Crippen molar-refractivity contribution in [1.82, 2.24) is 4.90 Å². The van der Waals surface area contributed by atoms with Crippen molar-refractivity contribution in [3.63, 3.8) is 0 Å². The Morgan fingerprint density at radius 1 is 1.11 bits per heavy atom. The van der Waals surface area contributed by atoms with E-state index in [0.717, 1.165) is 37.6 Å². The van der Waals surface area contributed by atoms with Crippen molar-refractivity contribution in [2.75, 3.05) is 26.7 Å². The second-order valence-electron chi connectivity index (χ2n) is 4.74. The fourth-order valence-corrected chi connectivity index (χ4v) is 1.57. The Hall–Kier alpha value is -1.22. The molecule has 0 aliphatic carbocycles. The van der Waals surface area contributed by atoms with Crippen LogP contribution in [0.1, 0.15) is 27.2 Å². The highest BCUT2D eigenvalue weighted by Gasteiger charge is 1.99. The van der Waals surface area contributed by atoms with Crippen molar-refractivity contribution in [1.29, 1.82) is 0 Å². The van der Waals surface area contributed by atoms with Crippen molar-refractivity contribution in [3.05, 3.63) is 24.3 Å². The average molecular weight is 251 g/mol. The van der Waals surface area contributed by atoms with Gasteiger partial charge in [0.05, 0.1) is 12.7 Å². The standard InChI is InChI=1S/C15H25NO2/c1-5-16(4)11-6-12-17-14-7-9-15(10-8-14)18-13(2)3/h7-10,13H,5-6,11-12H2,1-4H3. The third-order valence-electron chi connectivity index (χ3n) is 2.69. The lowest BCUT2D eigenvalue weighted by molar-refractivity contribution is 0.241. The molecule has 0 aliphatic heterocycles. The summed E-state index contributed by atoms with van der Waals surface area (Å²) in [6.07, 6.45) is 1.26. The van der Waals surface area contributed by atoms with Gasteiger partial charge in [-0.05, 0) is 58.1 Å². The first-order valence-corrected chi connectivity index (χ1v) is 6.70. The van der Waals surface area contributed by atoms with E-state index in [9.17, 15) is 0 Å². The van der Waals surface area contributed by atoms with Crippen molar-refractivity contribution >= 4 is 0 Å². The van der Waals surface area contributed by atoms with Crippen LogP contribution in [0.5, 0.6) is 11.5 Å². The highest BCUT2D eigenvalue weighted by molar-refractivity contribution is 5.31. The molecule has 3 nitrogen and oxygen atoms in total. The molecule has 0 radical (unpaired) electrons. The van der Waals surface area contributed by atoms with E-state index in [1.54, 1.807) is 0 Å². The molecule has 18 heavy (non-hydrogen) atoms. The predicted octanol–water partition coefficient (Wildman–Crippen LogP) is 3.19. The molecule has 0 unspecified atom stereocenters. The molecule has 0 atom stereocenters. The van der Waals surface area contributed by atoms with Gasteiger partial charge in [-0.15, -0.1) is 0 Å². The molecule has 0 aliphatic rings. The fraction of sp³-hybridized carbons (Fsp3) is 0.600. The van der Waals surface area contributed by atoms with Crippen molar-refractivity contribution < 1.29 is 9.47 Å². The summed E-state index contributed by atoms with van der Waals surface area (Å²) in [6, 6.07) is 7.82. The van der Waals surface area contributed by atoms with E-state index in [1.165, 1.54) is 0 Å². The molecule has 102 valence electrons. The van der Waals surface area contributed by atoms with E-state index in [0.29, 0.717) is 0 Å². The van der Waals surface area contributed by atoms with Crippen LogP contribution in [0.2, 0.25) is 0 Å². The molecule has 1 aromatic carbocycles. The van der Waals surface area contributed by atoms with Gasteiger partial charge in [0.25, 0.3) is 0 Å². The fourth-order valence-electron chi connectivity index (χ4n) is 1.57. The first-order chi connectivity index (χ1) is 8.61. The minimum atomic E-state index is 0.210. The number of hydrogen-bond donors (Lipinski definition) is 0. The molecule has 0 aromatic heterocycles. The number of nitrogens with zero attached hydrogens (tertiary/aromatic N) is 1. The van der Waals surface area contributed by atoms with Gasteiger partial charge in [0.15, 0.2) is 0 Å². The second kappa shape index (κ2) is 7.98. The molecule has 3 heteroatoms. The zero-order valence-electron chi connectivity index (χ0n) is 12.0. The zero-order chi connectivity index (χ0) is 13.4. The number of rotatable bonds is 8. The summed E-state index contributed by atoms with van der Waals surface area (Å²) in [7, 11) is 2.12. The van der Waals surface area contributed by atoms with Crippen LogP contribution in [-0.2, 0) is 0 Å². The lowest BCUT2D eigenvalue weighted by Gasteiger charge is -2.14. The molecular formula is C15H25NO2. The van der Waals surface area contributed by atoms with Crippen LogP contribution in [0.3, 0.4) is 0 Å². The van der Waals surface area contributed by atoms with E-state index in [2.05, 4.69) is 18.9 Å². The molecule has 0 spiro atoms. The van der Waals surface area contributed by atoms with E-state index in [-0.39, 0.29) is 6.10 Å². The maximum atomic E-state index is 5.68. The Morgan fingerprint density at radius 3 is 2.28 bits per heavy atom. The summed E-state index contributed by atoms with van der Waals surface area (Å²) in [5.41, 5.74) is 0. The topological polar surface area (TPSA) is 21.7 Å². The second-order valence-corrected chi connectivity index (χ2v) is 4.74. The predicted molar refractivity (Wildman–Crippen MR) is 75.5 cm³/mol. The minimum Gasteiger partial charge on any atom is -0.494 e. The van der Waals surface area contributed by atoms with Crippen molar-refractivity contribution in [2.45, 2.75) is 33.3 Å². The Balaban J connectivity index is 2.26. The van der Waals surface area contributed by atoms with Gasteiger partial charge in [0, 0.05) is 6.54 Å². The van der Waals surface area contributed by atoms with E-state index in [4.69, 9.17) is 9.47 Å². The normalized spacial score (nSPS) is 11.0. The lowest BCUT2D eigenvalue weighted by Crippen LogP contribution is -2.20. The Morgan fingerprint density at radius 2 is 1.72 bits per heavy atom. The van der Waals surface area contributed by atoms with Crippen molar-refractivity contribution in [3.8, 4) is 11.5 Å². The third-order valence-corrected chi connectivity index (χ3v) is 2.69. The van der Waals surface area contributed by atoms with E-state index in [1.807, 2.05) is 38.1 Å². The van der Waals surface area contributed by atoms with Crippen LogP contribution in [0.15, 0.2) is 24.3 Å². The van der Waals surface area contributed by atoms with Crippen LogP contribution < -0.4 is 9.47 Å². The van der Waals surface area contributed by atoms with E-state index < -0.39 is 0 Å². The molecular weight excluding hydrogens is 226 g/mol. The molecule has 1 rings (SSSR count). The SMILES string of the molecule is CCN(C)CCCOc1ccc(OC(C)C)cc1. The molecule has 0 heterocycles. The van der Waals surface area contributed by atoms with Gasteiger partial charge in [-0.3, -0.25) is 0 Å². The highest BCUT2D eigenvalue weighted by Crippen LogP contribution is 2.18. The molecule has 0 N–H and O–H groups in total. The van der Waals surface area contributed by atoms with Gasteiger partial charge >= 0.3 is 0 Å². The average Bonchev–Trinajstić information content (AvgIpc) is 2.35. The molecule has 0 amide bonds. The van der Waals surface area contributed by atoms with Gasteiger partial charge in [0.2, 0.25) is 0 Å². The summed E-state index contributed by atoms with van der Waals surface area (Å²) in [6.45, 7) is 9.12. The largest absolute Gasteiger partial charge is 0.494 e.